The second kappa shape index (κ2) is 2.86. The predicted molar refractivity (Wildman–Crippen MR) is 48.9 cm³/mol. The van der Waals surface area contributed by atoms with Crippen LogP contribution in [0.5, 0.6) is 0 Å². The summed E-state index contributed by atoms with van der Waals surface area (Å²) in [4.78, 5) is 11.5. The van der Waals surface area contributed by atoms with Crippen molar-refractivity contribution in [3.63, 3.8) is 0 Å². The Hall–Kier alpha value is -0.330. The molecule has 0 aromatic rings. The van der Waals surface area contributed by atoms with Crippen LogP contribution in [0, 0.1) is 11.3 Å². The molecule has 1 unspecified atom stereocenters. The van der Waals surface area contributed by atoms with E-state index in [2.05, 4.69) is 6.92 Å². The average Bonchev–Trinajstić information content (AvgIpc) is 2.13. The Bertz CT molecular complexity index is 262. The molecule has 0 N–H and O–H groups in total. The Morgan fingerprint density at radius 3 is 3.17 bits per heavy atom. The Kier molecular flexibility index (Phi) is 1.47. The molecular weight excluding hydrogens is 148 g/mol. The van der Waals surface area contributed by atoms with Crippen LogP contribution in [-0.4, -0.2) is 5.78 Å². The highest BCUT2D eigenvalue weighted by Crippen LogP contribution is 2.48. The lowest BCUT2D eigenvalue weighted by Crippen LogP contribution is -2.36. The van der Waals surface area contributed by atoms with Gasteiger partial charge in [-0.25, -0.2) is 0 Å². The zero-order valence-electron chi connectivity index (χ0n) is 9.73. The van der Waals surface area contributed by atoms with Crippen molar-refractivity contribution in [1.82, 2.24) is 0 Å². The fraction of sp³-hybridized carbons (Fsp3) is 0.909. The summed E-state index contributed by atoms with van der Waals surface area (Å²) in [7, 11) is 0. The predicted octanol–water partition coefficient (Wildman–Crippen LogP) is 2.94. The molecule has 0 aromatic carbocycles. The molecule has 0 bridgehead atoms. The van der Waals surface area contributed by atoms with Gasteiger partial charge in [-0.3, -0.25) is 4.79 Å². The summed E-state index contributed by atoms with van der Waals surface area (Å²) in [5.41, 5.74) is 0.0929. The Labute approximate surface area is 77.3 Å². The third-order valence-corrected chi connectivity index (χ3v) is 3.59. The van der Waals surface area contributed by atoms with Gasteiger partial charge in [0.15, 0.2) is 0 Å². The van der Waals surface area contributed by atoms with Crippen LogP contribution in [0.15, 0.2) is 0 Å². The highest BCUT2D eigenvalue weighted by atomic mass is 16.1. The number of hydrogen-bond acceptors (Lipinski definition) is 1. The Morgan fingerprint density at radius 2 is 2.33 bits per heavy atom. The normalized spacial score (nSPS) is 49.1. The zero-order valence-corrected chi connectivity index (χ0v) is 7.73. The van der Waals surface area contributed by atoms with Gasteiger partial charge in [-0.1, -0.05) is 19.8 Å². The van der Waals surface area contributed by atoms with Gasteiger partial charge in [0.25, 0.3) is 0 Å². The molecule has 2 saturated carbocycles. The van der Waals surface area contributed by atoms with Crippen molar-refractivity contribution in [1.29, 1.82) is 0 Å². The molecule has 0 aromatic heterocycles. The summed E-state index contributed by atoms with van der Waals surface area (Å²) >= 11 is 0. The zero-order chi connectivity index (χ0) is 10.4. The largest absolute Gasteiger partial charge is 0.300 e. The first-order valence-electron chi connectivity index (χ1n) is 6.00. The van der Waals surface area contributed by atoms with Crippen LogP contribution in [0.1, 0.15) is 54.6 Å². The van der Waals surface area contributed by atoms with Crippen molar-refractivity contribution in [3.8, 4) is 0 Å². The van der Waals surface area contributed by atoms with E-state index in [-0.39, 0.29) is 17.1 Å². The first-order valence-corrected chi connectivity index (χ1v) is 5.00. The summed E-state index contributed by atoms with van der Waals surface area (Å²) in [5, 5.41) is 0. The molecule has 2 rings (SSSR count). The van der Waals surface area contributed by atoms with Gasteiger partial charge in [-0.05, 0) is 30.6 Å². The number of ketones is 1. The van der Waals surface area contributed by atoms with E-state index in [4.69, 9.17) is 2.74 Å². The molecule has 2 atom stereocenters. The lowest BCUT2D eigenvalue weighted by molar-refractivity contribution is -0.125. The molecule has 0 radical (unpaired) electrons. The van der Waals surface area contributed by atoms with Crippen molar-refractivity contribution in [3.05, 3.63) is 0 Å². The van der Waals surface area contributed by atoms with E-state index in [9.17, 15) is 4.79 Å². The lowest BCUT2D eigenvalue weighted by atomic mass is 9.60. The minimum atomic E-state index is -1.55. The van der Waals surface area contributed by atoms with Crippen molar-refractivity contribution < 1.29 is 7.54 Å². The molecule has 0 saturated heterocycles. The molecule has 0 spiro atoms. The van der Waals surface area contributed by atoms with Crippen molar-refractivity contribution in [2.75, 3.05) is 0 Å². The summed E-state index contributed by atoms with van der Waals surface area (Å²) in [6, 6.07) is 0. The van der Waals surface area contributed by atoms with Gasteiger partial charge < -0.3 is 0 Å². The van der Waals surface area contributed by atoms with E-state index < -0.39 is 6.37 Å². The van der Waals surface area contributed by atoms with E-state index in [1.807, 2.05) is 0 Å². The van der Waals surface area contributed by atoms with Crippen LogP contribution < -0.4 is 0 Å². The van der Waals surface area contributed by atoms with Crippen LogP contribution in [0.4, 0.5) is 0 Å². The molecule has 68 valence electrons. The number of fused-ring (bicyclic) bond motifs is 1. The fourth-order valence-electron chi connectivity index (χ4n) is 2.61. The summed E-state index contributed by atoms with van der Waals surface area (Å²) in [5.74, 6) is -0.188. The number of carbonyl (C=O) groups is 1. The molecule has 1 heteroatoms. The van der Waals surface area contributed by atoms with E-state index in [1.54, 1.807) is 0 Å². The van der Waals surface area contributed by atoms with Crippen LogP contribution in [-0.2, 0) is 4.79 Å². The van der Waals surface area contributed by atoms with Gasteiger partial charge >= 0.3 is 0 Å². The minimum Gasteiger partial charge on any atom is -0.300 e. The number of hydrogen-bond donors (Lipinski definition) is 0. The number of Topliss-reactive ketones (excluding diaryl/α,β-unsaturated/α-hetero) is 1. The molecule has 12 heavy (non-hydrogen) atoms. The highest BCUT2D eigenvalue weighted by molar-refractivity contribution is 5.79. The maximum atomic E-state index is 11.5. The first-order chi connectivity index (χ1) is 6.47. The maximum absolute atomic E-state index is 11.5. The smallest absolute Gasteiger partial charge is 0.133 e. The summed E-state index contributed by atoms with van der Waals surface area (Å²) in [6.07, 6.45) is 4.09. The standard InChI is InChI=1S/C11H18O/c1-11-6-3-2-4-9(11)8-10(12)5-7-11/h9H,2-8H2,1H3/t9?,11-/m0/s1/i8D2. The van der Waals surface area contributed by atoms with E-state index in [0.717, 1.165) is 25.7 Å². The fourth-order valence-corrected chi connectivity index (χ4v) is 2.61. The van der Waals surface area contributed by atoms with Gasteiger partial charge in [0.2, 0.25) is 0 Å². The molecule has 2 aliphatic carbocycles. The Morgan fingerprint density at radius 1 is 1.50 bits per heavy atom. The quantitative estimate of drug-likeness (QED) is 0.543. The van der Waals surface area contributed by atoms with Gasteiger partial charge in [0.05, 0.1) is 0 Å². The van der Waals surface area contributed by atoms with E-state index in [0.29, 0.717) is 6.42 Å². The molecule has 0 aliphatic heterocycles. The van der Waals surface area contributed by atoms with Crippen LogP contribution in [0.25, 0.3) is 0 Å². The van der Waals surface area contributed by atoms with Gasteiger partial charge in [0, 0.05) is 15.5 Å². The third-order valence-electron chi connectivity index (χ3n) is 3.59. The van der Waals surface area contributed by atoms with E-state index in [1.165, 1.54) is 6.42 Å². The second-order valence-electron chi connectivity index (χ2n) is 4.52. The molecule has 1 nitrogen and oxygen atoms in total. The third kappa shape index (κ3) is 1.30. The van der Waals surface area contributed by atoms with Crippen LogP contribution in [0.2, 0.25) is 0 Å². The Balaban J connectivity index is 2.30. The topological polar surface area (TPSA) is 17.1 Å². The van der Waals surface area contributed by atoms with Crippen molar-refractivity contribution in [2.45, 2.75) is 51.8 Å². The number of rotatable bonds is 0. The van der Waals surface area contributed by atoms with Gasteiger partial charge in [-0.15, -0.1) is 0 Å². The maximum Gasteiger partial charge on any atom is 0.133 e. The summed E-state index contributed by atoms with van der Waals surface area (Å²) in [6.45, 7) is 2.17. The highest BCUT2D eigenvalue weighted by Gasteiger charge is 2.40. The lowest BCUT2D eigenvalue weighted by Gasteiger charge is -2.44. The molecule has 2 fully saturated rings. The van der Waals surface area contributed by atoms with Gasteiger partial charge in [-0.2, -0.15) is 0 Å². The molecular formula is C11H18O. The van der Waals surface area contributed by atoms with Gasteiger partial charge in [0.1, 0.15) is 5.78 Å². The molecule has 0 amide bonds. The van der Waals surface area contributed by atoms with Crippen molar-refractivity contribution in [2.24, 2.45) is 11.3 Å². The summed E-state index contributed by atoms with van der Waals surface area (Å²) < 4.78 is 15.8. The first kappa shape index (κ1) is 6.17. The molecule has 0 heterocycles. The average molecular weight is 168 g/mol. The monoisotopic (exact) mass is 168 g/mol. The van der Waals surface area contributed by atoms with E-state index >= 15 is 0 Å². The van der Waals surface area contributed by atoms with Crippen LogP contribution >= 0.6 is 0 Å². The second-order valence-corrected chi connectivity index (χ2v) is 4.52. The molecule has 2 aliphatic rings. The van der Waals surface area contributed by atoms with Crippen LogP contribution in [0.3, 0.4) is 0 Å². The number of carbonyl (C=O) groups excluding carboxylic acids is 1. The minimum absolute atomic E-state index is 0.0231. The SMILES string of the molecule is [2H]C1([2H])C(=O)CC[C@]2(C)CCCCC12. The van der Waals surface area contributed by atoms with Crippen molar-refractivity contribution >= 4 is 5.78 Å².